The zero-order valence-corrected chi connectivity index (χ0v) is 20.0. The normalized spacial score (nSPS) is 25.9. The van der Waals surface area contributed by atoms with E-state index in [9.17, 15) is 24.3 Å². The van der Waals surface area contributed by atoms with Crippen LogP contribution in [0.4, 0.5) is 10.5 Å². The smallest absolute Gasteiger partial charge is 0.324 e. The summed E-state index contributed by atoms with van der Waals surface area (Å²) in [5.41, 5.74) is 5.34. The van der Waals surface area contributed by atoms with E-state index in [2.05, 4.69) is 26.6 Å². The van der Waals surface area contributed by atoms with Crippen LogP contribution in [0.3, 0.4) is 0 Å². The number of amides is 4. The van der Waals surface area contributed by atoms with Gasteiger partial charge in [0.05, 0.1) is 17.5 Å². The second-order valence-electron chi connectivity index (χ2n) is 8.65. The Labute approximate surface area is 204 Å². The van der Waals surface area contributed by atoms with Gasteiger partial charge in [-0.2, -0.15) is 0 Å². The molecule has 4 amide bonds. The molecular weight excluding hydrogens is 504 g/mol. The third-order valence-electron chi connectivity index (χ3n) is 6.67. The molecule has 0 bridgehead atoms. The number of halogens is 1. The molecule has 0 aliphatic carbocycles. The maximum atomic E-state index is 13.7. The average Bonchev–Trinajstić information content (AvgIpc) is 3.27. The molecule has 178 valence electrons. The van der Waals surface area contributed by atoms with E-state index in [-0.39, 0.29) is 19.4 Å². The number of benzene rings is 2. The fourth-order valence-corrected chi connectivity index (χ4v) is 5.39. The molecule has 2 fully saturated rings. The largest absolute Gasteiger partial charge is 0.480 e. The van der Waals surface area contributed by atoms with Gasteiger partial charge in [-0.05, 0) is 49.1 Å². The molecule has 2 saturated heterocycles. The summed E-state index contributed by atoms with van der Waals surface area (Å²) in [4.78, 5) is 52.4. The van der Waals surface area contributed by atoms with E-state index in [1.807, 2.05) is 18.2 Å². The number of hydrogen-bond donors (Lipinski definition) is 4. The second kappa shape index (κ2) is 9.19. The van der Waals surface area contributed by atoms with Crippen molar-refractivity contribution in [3.05, 3.63) is 64.1 Å². The first-order chi connectivity index (χ1) is 16.2. The predicted molar refractivity (Wildman–Crippen MR) is 128 cm³/mol. The quantitative estimate of drug-likeness (QED) is 0.321. The number of aliphatic carboxylic acids is 1. The number of para-hydroxylation sites is 1. The highest BCUT2D eigenvalue weighted by atomic mass is 79.9. The maximum absolute atomic E-state index is 13.7. The first-order valence-corrected chi connectivity index (χ1v) is 11.7. The standard InChI is InChI=1S/C24H25BrN4O5/c1-13-5-2-3-6-16(13)29-20(30)17-18(21(29)31)24(22(32)33,11-4-12-27-23(26)34)28-19(17)14-7-9-15(25)10-8-14/h2-3,5-10,17-19,28H,4,11-12H2,1H3,(H,32,33)(H3,26,27,34). The van der Waals surface area contributed by atoms with Crippen molar-refractivity contribution >= 4 is 45.4 Å². The number of fused-ring (bicyclic) bond motifs is 1. The third-order valence-corrected chi connectivity index (χ3v) is 7.20. The number of carbonyl (C=O) groups excluding carboxylic acids is 3. The first kappa shape index (κ1) is 23.9. The van der Waals surface area contributed by atoms with Crippen molar-refractivity contribution in [2.45, 2.75) is 31.3 Å². The Morgan fingerprint density at radius 1 is 1.15 bits per heavy atom. The zero-order valence-electron chi connectivity index (χ0n) is 18.5. The van der Waals surface area contributed by atoms with E-state index in [0.29, 0.717) is 11.3 Å². The van der Waals surface area contributed by atoms with Gasteiger partial charge in [0.2, 0.25) is 11.8 Å². The number of imide groups is 1. The monoisotopic (exact) mass is 528 g/mol. The number of nitrogens with one attached hydrogen (secondary N) is 2. The molecule has 4 unspecified atom stereocenters. The molecule has 2 heterocycles. The number of hydrogen-bond acceptors (Lipinski definition) is 5. The Morgan fingerprint density at radius 2 is 1.82 bits per heavy atom. The topological polar surface area (TPSA) is 142 Å². The van der Waals surface area contributed by atoms with E-state index in [1.165, 1.54) is 0 Å². The van der Waals surface area contributed by atoms with Crippen LogP contribution < -0.4 is 21.3 Å². The van der Waals surface area contributed by atoms with Crippen molar-refractivity contribution in [3.8, 4) is 0 Å². The van der Waals surface area contributed by atoms with Gasteiger partial charge < -0.3 is 16.2 Å². The van der Waals surface area contributed by atoms with E-state index in [0.717, 1.165) is 14.9 Å². The molecule has 0 spiro atoms. The van der Waals surface area contributed by atoms with Gasteiger partial charge in [-0.25, -0.2) is 9.69 Å². The fourth-order valence-electron chi connectivity index (χ4n) is 5.12. The van der Waals surface area contributed by atoms with Crippen molar-refractivity contribution < 1.29 is 24.3 Å². The van der Waals surface area contributed by atoms with Crippen LogP contribution >= 0.6 is 15.9 Å². The van der Waals surface area contributed by atoms with E-state index in [4.69, 9.17) is 5.73 Å². The SMILES string of the molecule is Cc1ccccc1N1C(=O)C2C(c3ccc(Br)cc3)NC(CCCNC(N)=O)(C(=O)O)C2C1=O. The van der Waals surface area contributed by atoms with Gasteiger partial charge >= 0.3 is 12.0 Å². The van der Waals surface area contributed by atoms with Crippen LogP contribution in [0.5, 0.6) is 0 Å². The van der Waals surface area contributed by atoms with Crippen LogP contribution in [0, 0.1) is 18.8 Å². The third kappa shape index (κ3) is 3.97. The Kier molecular flexibility index (Phi) is 6.46. The van der Waals surface area contributed by atoms with Crippen molar-refractivity contribution in [2.24, 2.45) is 17.6 Å². The van der Waals surface area contributed by atoms with Gasteiger partial charge in [0, 0.05) is 17.1 Å². The van der Waals surface area contributed by atoms with Crippen molar-refractivity contribution in [3.63, 3.8) is 0 Å². The molecule has 2 aromatic rings. The Balaban J connectivity index is 1.79. The fraction of sp³-hybridized carbons (Fsp3) is 0.333. The van der Waals surface area contributed by atoms with Crippen molar-refractivity contribution in [1.29, 1.82) is 0 Å². The Hall–Kier alpha value is -3.24. The first-order valence-electron chi connectivity index (χ1n) is 10.9. The lowest BCUT2D eigenvalue weighted by Gasteiger charge is -2.31. The summed E-state index contributed by atoms with van der Waals surface area (Å²) in [5.74, 6) is -4.19. The molecule has 4 atom stereocenters. The van der Waals surface area contributed by atoms with Gasteiger partial charge in [-0.3, -0.25) is 19.7 Å². The predicted octanol–water partition coefficient (Wildman–Crippen LogP) is 2.48. The van der Waals surface area contributed by atoms with Gasteiger partial charge in [0.25, 0.3) is 0 Å². The molecule has 4 rings (SSSR count). The molecule has 2 aliphatic rings. The number of anilines is 1. The molecule has 10 heteroatoms. The molecule has 2 aromatic carbocycles. The number of aryl methyl sites for hydroxylation is 1. The van der Waals surface area contributed by atoms with Crippen LogP contribution in [0.1, 0.15) is 30.0 Å². The van der Waals surface area contributed by atoms with E-state index < -0.39 is 47.2 Å². The lowest BCUT2D eigenvalue weighted by molar-refractivity contribution is -0.149. The summed E-state index contributed by atoms with van der Waals surface area (Å²) < 4.78 is 0.836. The summed E-state index contributed by atoms with van der Waals surface area (Å²) >= 11 is 3.39. The summed E-state index contributed by atoms with van der Waals surface area (Å²) in [6.07, 6.45) is 0.280. The number of carbonyl (C=O) groups is 4. The molecule has 0 radical (unpaired) electrons. The molecular formula is C24H25BrN4O5. The minimum absolute atomic E-state index is 0.0252. The second-order valence-corrected chi connectivity index (χ2v) is 9.56. The van der Waals surface area contributed by atoms with E-state index in [1.54, 1.807) is 37.3 Å². The van der Waals surface area contributed by atoms with Gasteiger partial charge in [0.1, 0.15) is 5.54 Å². The summed E-state index contributed by atoms with van der Waals surface area (Å²) in [5, 5.41) is 16.0. The number of carboxylic acid groups (broad SMARTS) is 1. The highest BCUT2D eigenvalue weighted by molar-refractivity contribution is 9.10. The lowest BCUT2D eigenvalue weighted by Crippen LogP contribution is -2.56. The van der Waals surface area contributed by atoms with Crippen LogP contribution in [0.25, 0.3) is 0 Å². The van der Waals surface area contributed by atoms with E-state index >= 15 is 0 Å². The van der Waals surface area contributed by atoms with Crippen molar-refractivity contribution in [2.75, 3.05) is 11.4 Å². The molecule has 9 nitrogen and oxygen atoms in total. The Bertz CT molecular complexity index is 1150. The number of urea groups is 1. The van der Waals surface area contributed by atoms with Gasteiger partial charge in [-0.15, -0.1) is 0 Å². The van der Waals surface area contributed by atoms with Gasteiger partial charge in [-0.1, -0.05) is 46.3 Å². The molecule has 2 aliphatic heterocycles. The van der Waals surface area contributed by atoms with Crippen LogP contribution in [-0.4, -0.2) is 41.0 Å². The Morgan fingerprint density at radius 3 is 2.44 bits per heavy atom. The summed E-state index contributed by atoms with van der Waals surface area (Å²) in [6.45, 7) is 1.95. The number of nitrogens with zero attached hydrogens (tertiary/aromatic N) is 1. The molecule has 0 aromatic heterocycles. The highest BCUT2D eigenvalue weighted by Crippen LogP contribution is 2.51. The zero-order chi connectivity index (χ0) is 24.6. The summed E-state index contributed by atoms with van der Waals surface area (Å²) in [6, 6.07) is 12.9. The number of rotatable bonds is 7. The lowest BCUT2D eigenvalue weighted by atomic mass is 9.77. The minimum Gasteiger partial charge on any atom is -0.480 e. The number of primary amides is 1. The van der Waals surface area contributed by atoms with Crippen molar-refractivity contribution in [1.82, 2.24) is 10.6 Å². The highest BCUT2D eigenvalue weighted by Gasteiger charge is 2.68. The van der Waals surface area contributed by atoms with Crippen LogP contribution in [0.15, 0.2) is 53.0 Å². The van der Waals surface area contributed by atoms with Crippen LogP contribution in [0.2, 0.25) is 0 Å². The number of nitrogens with two attached hydrogens (primary N) is 1. The van der Waals surface area contributed by atoms with Crippen LogP contribution in [-0.2, 0) is 14.4 Å². The number of carboxylic acids is 1. The molecule has 34 heavy (non-hydrogen) atoms. The maximum Gasteiger partial charge on any atom is 0.324 e. The minimum atomic E-state index is -1.69. The summed E-state index contributed by atoms with van der Waals surface area (Å²) in [7, 11) is 0. The van der Waals surface area contributed by atoms with Gasteiger partial charge in [0.15, 0.2) is 0 Å². The average molecular weight is 529 g/mol. The molecule has 0 saturated carbocycles. The molecule has 5 N–H and O–H groups in total.